The molecule has 2 heterocycles. The number of H-pyrrole nitrogens is 1. The summed E-state index contributed by atoms with van der Waals surface area (Å²) >= 11 is 3.50. The van der Waals surface area contributed by atoms with Gasteiger partial charge in [0.15, 0.2) is 0 Å². The first-order chi connectivity index (χ1) is 7.43. The highest BCUT2D eigenvalue weighted by atomic mass is 79.9. The van der Waals surface area contributed by atoms with Crippen LogP contribution >= 0.6 is 15.9 Å². The minimum Gasteiger partial charge on any atom is -0.480 e. The molecule has 2 rings (SSSR count). The molecule has 0 unspecified atom stereocenters. The molecule has 0 atom stereocenters. The average Bonchev–Trinajstić information content (AvgIpc) is 2.62. The van der Waals surface area contributed by atoms with Crippen molar-refractivity contribution in [1.29, 1.82) is 0 Å². The number of fused-ring (bicyclic) bond motifs is 1. The van der Waals surface area contributed by atoms with Crippen LogP contribution in [0.1, 0.15) is 26.5 Å². The number of aromatic amines is 1. The minimum atomic E-state index is 0.103. The largest absolute Gasteiger partial charge is 0.480 e. The maximum Gasteiger partial charge on any atom is 0.229 e. The Labute approximate surface area is 103 Å². The fraction of sp³-hybridized carbons (Fsp3) is 0.417. The van der Waals surface area contributed by atoms with Crippen LogP contribution in [0.15, 0.2) is 16.7 Å². The molecular formula is C12H15BrN2O. The van der Waals surface area contributed by atoms with E-state index >= 15 is 0 Å². The predicted octanol–water partition coefficient (Wildman–Crippen LogP) is 3.63. The van der Waals surface area contributed by atoms with Gasteiger partial charge in [-0.05, 0) is 22.0 Å². The summed E-state index contributed by atoms with van der Waals surface area (Å²) in [5.74, 6) is 0.606. The van der Waals surface area contributed by atoms with E-state index in [-0.39, 0.29) is 5.41 Å². The molecule has 0 aliphatic carbocycles. The molecule has 2 aromatic heterocycles. The fourth-order valence-corrected chi connectivity index (χ4v) is 2.18. The summed E-state index contributed by atoms with van der Waals surface area (Å²) in [4.78, 5) is 7.64. The first-order valence-electron chi connectivity index (χ1n) is 5.15. The molecule has 4 heteroatoms. The molecule has 0 aliphatic heterocycles. The van der Waals surface area contributed by atoms with Crippen LogP contribution in [0.25, 0.3) is 10.9 Å². The van der Waals surface area contributed by atoms with Crippen LogP contribution in [-0.4, -0.2) is 17.1 Å². The van der Waals surface area contributed by atoms with Gasteiger partial charge in [-0.25, -0.2) is 4.98 Å². The van der Waals surface area contributed by atoms with Gasteiger partial charge in [-0.15, -0.1) is 0 Å². The number of hydrogen-bond donors (Lipinski definition) is 1. The lowest BCUT2D eigenvalue weighted by atomic mass is 9.92. The third kappa shape index (κ3) is 1.82. The van der Waals surface area contributed by atoms with E-state index in [9.17, 15) is 0 Å². The molecule has 0 radical (unpaired) electrons. The van der Waals surface area contributed by atoms with Crippen molar-refractivity contribution in [3.05, 3.63) is 22.4 Å². The van der Waals surface area contributed by atoms with Crippen molar-refractivity contribution < 1.29 is 4.74 Å². The third-order valence-electron chi connectivity index (χ3n) is 2.58. The first-order valence-corrected chi connectivity index (χ1v) is 5.94. The van der Waals surface area contributed by atoms with E-state index in [1.54, 1.807) is 7.11 Å². The van der Waals surface area contributed by atoms with Crippen molar-refractivity contribution in [2.45, 2.75) is 26.2 Å². The number of methoxy groups -OCH3 is 1. The first kappa shape index (κ1) is 11.5. The topological polar surface area (TPSA) is 37.9 Å². The normalized spacial score (nSPS) is 12.1. The van der Waals surface area contributed by atoms with E-state index in [0.29, 0.717) is 5.88 Å². The Kier molecular flexibility index (Phi) is 2.70. The van der Waals surface area contributed by atoms with Gasteiger partial charge in [0.2, 0.25) is 5.88 Å². The van der Waals surface area contributed by atoms with E-state index in [4.69, 9.17) is 4.74 Å². The van der Waals surface area contributed by atoms with Crippen LogP contribution < -0.4 is 4.74 Å². The smallest absolute Gasteiger partial charge is 0.229 e. The predicted molar refractivity (Wildman–Crippen MR) is 69.0 cm³/mol. The van der Waals surface area contributed by atoms with Gasteiger partial charge in [-0.2, -0.15) is 0 Å². The highest BCUT2D eigenvalue weighted by Crippen LogP contribution is 2.33. The van der Waals surface area contributed by atoms with Crippen LogP contribution in [-0.2, 0) is 5.41 Å². The van der Waals surface area contributed by atoms with Gasteiger partial charge in [0, 0.05) is 22.7 Å². The zero-order valence-corrected chi connectivity index (χ0v) is 11.5. The van der Waals surface area contributed by atoms with Gasteiger partial charge in [0.25, 0.3) is 0 Å². The van der Waals surface area contributed by atoms with E-state index in [0.717, 1.165) is 15.4 Å². The molecule has 1 N–H and O–H groups in total. The van der Waals surface area contributed by atoms with Crippen LogP contribution in [0.2, 0.25) is 0 Å². The summed E-state index contributed by atoms with van der Waals surface area (Å²) < 4.78 is 6.05. The van der Waals surface area contributed by atoms with E-state index < -0.39 is 0 Å². The van der Waals surface area contributed by atoms with E-state index in [1.807, 2.05) is 6.20 Å². The Morgan fingerprint density at radius 1 is 1.38 bits per heavy atom. The Morgan fingerprint density at radius 3 is 2.62 bits per heavy atom. The van der Waals surface area contributed by atoms with Crippen molar-refractivity contribution in [2.75, 3.05) is 7.11 Å². The second-order valence-corrected chi connectivity index (χ2v) is 5.64. The maximum atomic E-state index is 5.17. The Balaban J connectivity index is 2.67. The molecule has 16 heavy (non-hydrogen) atoms. The van der Waals surface area contributed by atoms with Crippen molar-refractivity contribution in [2.24, 2.45) is 0 Å². The molecule has 0 bridgehead atoms. The molecule has 3 nitrogen and oxygen atoms in total. The summed E-state index contributed by atoms with van der Waals surface area (Å²) in [5.41, 5.74) is 2.33. The molecule has 0 saturated heterocycles. The number of nitrogens with zero attached hydrogens (tertiary/aromatic N) is 1. The van der Waals surface area contributed by atoms with Crippen LogP contribution in [0.4, 0.5) is 0 Å². The maximum absolute atomic E-state index is 5.17. The summed E-state index contributed by atoms with van der Waals surface area (Å²) in [5, 5.41) is 1.10. The Morgan fingerprint density at radius 2 is 2.06 bits per heavy atom. The summed E-state index contributed by atoms with van der Waals surface area (Å²) in [7, 11) is 1.62. The van der Waals surface area contributed by atoms with Crippen LogP contribution in [0, 0.1) is 0 Å². The minimum absolute atomic E-state index is 0.103. The van der Waals surface area contributed by atoms with Gasteiger partial charge in [0.1, 0.15) is 4.47 Å². The van der Waals surface area contributed by atoms with Gasteiger partial charge < -0.3 is 9.72 Å². The number of ether oxygens (including phenoxy) is 1. The Bertz CT molecular complexity index is 526. The Hall–Kier alpha value is -1.03. The summed E-state index contributed by atoms with van der Waals surface area (Å²) in [6, 6.07) is 2.13. The number of nitrogens with one attached hydrogen (secondary N) is 1. The quantitative estimate of drug-likeness (QED) is 0.867. The van der Waals surface area contributed by atoms with Gasteiger partial charge >= 0.3 is 0 Å². The van der Waals surface area contributed by atoms with Crippen LogP contribution in [0.3, 0.4) is 0 Å². The number of rotatable bonds is 1. The lowest BCUT2D eigenvalue weighted by Crippen LogP contribution is -2.10. The SMILES string of the molecule is COc1ncc2cc(C(C)(C)C)[nH]c2c1Br. The molecule has 2 aromatic rings. The number of halogens is 1. The lowest BCUT2D eigenvalue weighted by molar-refractivity contribution is 0.396. The molecule has 86 valence electrons. The molecule has 0 aliphatic rings. The molecule has 0 aromatic carbocycles. The third-order valence-corrected chi connectivity index (χ3v) is 3.31. The van der Waals surface area contributed by atoms with Crippen molar-refractivity contribution in [3.8, 4) is 5.88 Å². The molecule has 0 amide bonds. The average molecular weight is 283 g/mol. The fourth-order valence-electron chi connectivity index (χ4n) is 1.59. The van der Waals surface area contributed by atoms with Crippen molar-refractivity contribution >= 4 is 26.8 Å². The highest BCUT2D eigenvalue weighted by Gasteiger charge is 2.18. The van der Waals surface area contributed by atoms with E-state index in [1.165, 1.54) is 5.69 Å². The van der Waals surface area contributed by atoms with Crippen molar-refractivity contribution in [1.82, 2.24) is 9.97 Å². The standard InChI is InChI=1S/C12H15BrN2O/c1-12(2,3)8-5-7-6-14-11(16-4)9(13)10(7)15-8/h5-6,15H,1-4H3. The second-order valence-electron chi connectivity index (χ2n) is 4.84. The summed E-state index contributed by atoms with van der Waals surface area (Å²) in [6.07, 6.45) is 1.82. The number of pyridine rings is 1. The van der Waals surface area contributed by atoms with Gasteiger partial charge in [-0.1, -0.05) is 20.8 Å². The lowest BCUT2D eigenvalue weighted by Gasteiger charge is -2.15. The molecule has 0 fully saturated rings. The number of aromatic nitrogens is 2. The monoisotopic (exact) mass is 282 g/mol. The molecular weight excluding hydrogens is 268 g/mol. The zero-order chi connectivity index (χ0) is 11.9. The van der Waals surface area contributed by atoms with Crippen molar-refractivity contribution in [3.63, 3.8) is 0 Å². The molecule has 0 saturated carbocycles. The zero-order valence-electron chi connectivity index (χ0n) is 9.89. The highest BCUT2D eigenvalue weighted by molar-refractivity contribution is 9.10. The second kappa shape index (κ2) is 3.77. The summed E-state index contributed by atoms with van der Waals surface area (Å²) in [6.45, 7) is 6.53. The van der Waals surface area contributed by atoms with Gasteiger partial charge in [-0.3, -0.25) is 0 Å². The van der Waals surface area contributed by atoms with Crippen LogP contribution in [0.5, 0.6) is 5.88 Å². The van der Waals surface area contributed by atoms with Gasteiger partial charge in [0.05, 0.1) is 12.6 Å². The van der Waals surface area contributed by atoms with E-state index in [2.05, 4.69) is 52.7 Å². The number of hydrogen-bond acceptors (Lipinski definition) is 2. The molecule has 0 spiro atoms.